The van der Waals surface area contributed by atoms with Gasteiger partial charge in [-0.2, -0.15) is 0 Å². The van der Waals surface area contributed by atoms with Crippen LogP contribution in [0.4, 0.5) is 9.59 Å². The number of nitrogens with one attached hydrogen (secondary N) is 3. The van der Waals surface area contributed by atoms with Gasteiger partial charge in [0.25, 0.3) is 5.91 Å². The molecule has 1 saturated heterocycles. The predicted molar refractivity (Wildman–Crippen MR) is 93.3 cm³/mol. The van der Waals surface area contributed by atoms with E-state index in [-0.39, 0.29) is 13.0 Å². The van der Waals surface area contributed by atoms with Crippen molar-refractivity contribution in [3.63, 3.8) is 0 Å². The van der Waals surface area contributed by atoms with Crippen LogP contribution in [0.1, 0.15) is 36.5 Å². The van der Waals surface area contributed by atoms with E-state index in [1.165, 1.54) is 18.2 Å². The average Bonchev–Trinajstić information content (AvgIpc) is 3.16. The van der Waals surface area contributed by atoms with E-state index in [1.54, 1.807) is 6.92 Å². The molecule has 8 nitrogen and oxygen atoms in total. The zero-order valence-corrected chi connectivity index (χ0v) is 14.8. The lowest BCUT2D eigenvalue weighted by Gasteiger charge is -2.23. The van der Waals surface area contributed by atoms with Crippen LogP contribution in [0.25, 0.3) is 0 Å². The lowest BCUT2D eigenvalue weighted by molar-refractivity contribution is -0.131. The van der Waals surface area contributed by atoms with Crippen LogP contribution in [0.15, 0.2) is 18.2 Å². The summed E-state index contributed by atoms with van der Waals surface area (Å²) in [4.78, 5) is 49.0. The molecule has 0 spiro atoms. The van der Waals surface area contributed by atoms with Crippen LogP contribution in [-0.4, -0.2) is 42.4 Å². The molecule has 3 rings (SSSR count). The molecule has 1 aromatic carbocycles. The number of urea groups is 2. The highest BCUT2D eigenvalue weighted by Crippen LogP contribution is 2.32. The number of nitrogens with zero attached hydrogens (tertiary/aromatic N) is 1. The van der Waals surface area contributed by atoms with Gasteiger partial charge < -0.3 is 10.6 Å². The molecule has 2 aliphatic rings. The molecule has 0 radical (unpaired) electrons. The van der Waals surface area contributed by atoms with Crippen LogP contribution < -0.4 is 16.0 Å². The first kappa shape index (κ1) is 17.9. The number of carbonyl (C=O) groups is 4. The molecule has 1 aliphatic carbocycles. The minimum Gasteiger partial charge on any atom is -0.341 e. The van der Waals surface area contributed by atoms with E-state index in [0.29, 0.717) is 0 Å². The second kappa shape index (κ2) is 6.78. The lowest BCUT2D eigenvalue weighted by atomic mass is 9.89. The fourth-order valence-corrected chi connectivity index (χ4v) is 3.44. The molecule has 1 atom stereocenters. The summed E-state index contributed by atoms with van der Waals surface area (Å²) in [6.45, 7) is 1.59. The van der Waals surface area contributed by atoms with E-state index < -0.39 is 29.4 Å². The highest BCUT2D eigenvalue weighted by molar-refractivity contribution is 6.07. The van der Waals surface area contributed by atoms with Gasteiger partial charge in [0.2, 0.25) is 5.91 Å². The Kier molecular flexibility index (Phi) is 4.67. The van der Waals surface area contributed by atoms with Crippen molar-refractivity contribution >= 4 is 23.9 Å². The molecular formula is C18H22N4O4. The Morgan fingerprint density at radius 3 is 2.69 bits per heavy atom. The molecule has 8 heteroatoms. The molecule has 1 heterocycles. The van der Waals surface area contributed by atoms with Crippen molar-refractivity contribution in [2.45, 2.75) is 38.1 Å². The second-order valence-corrected chi connectivity index (χ2v) is 6.73. The lowest BCUT2D eigenvalue weighted by Crippen LogP contribution is -2.42. The Labute approximate surface area is 151 Å². The largest absolute Gasteiger partial charge is 0.341 e. The molecule has 0 bridgehead atoms. The third kappa shape index (κ3) is 3.14. The van der Waals surface area contributed by atoms with Gasteiger partial charge >= 0.3 is 12.1 Å². The molecular weight excluding hydrogens is 336 g/mol. The van der Waals surface area contributed by atoms with E-state index >= 15 is 0 Å². The van der Waals surface area contributed by atoms with Crippen LogP contribution in [0.2, 0.25) is 0 Å². The summed E-state index contributed by atoms with van der Waals surface area (Å²) in [5.41, 5.74) is 2.10. The molecule has 138 valence electrons. The van der Waals surface area contributed by atoms with Gasteiger partial charge in [-0.25, -0.2) is 9.59 Å². The number of hydrogen-bond donors (Lipinski definition) is 3. The standard InChI is InChI=1S/C18H22N4O4/c1-18(13-7-6-11-4-3-5-12(11)10-13)15(24)22(17(26)21-18)9-8-14(23)20-16(25)19-2/h6-7,10H,3-5,8-9H2,1-2H3,(H,21,26)(H2,19,20,23,25). The van der Waals surface area contributed by atoms with E-state index in [1.807, 2.05) is 18.2 Å². The van der Waals surface area contributed by atoms with Crippen LogP contribution in [-0.2, 0) is 28.0 Å². The van der Waals surface area contributed by atoms with Crippen molar-refractivity contribution in [1.82, 2.24) is 20.9 Å². The van der Waals surface area contributed by atoms with Crippen molar-refractivity contribution in [3.8, 4) is 0 Å². The van der Waals surface area contributed by atoms with Gasteiger partial charge in [-0.1, -0.05) is 18.2 Å². The number of carbonyl (C=O) groups excluding carboxylic acids is 4. The van der Waals surface area contributed by atoms with Crippen LogP contribution >= 0.6 is 0 Å². The monoisotopic (exact) mass is 358 g/mol. The number of rotatable bonds is 4. The number of hydrogen-bond acceptors (Lipinski definition) is 4. The maximum Gasteiger partial charge on any atom is 0.325 e. The van der Waals surface area contributed by atoms with Gasteiger partial charge in [0.1, 0.15) is 5.54 Å². The number of imide groups is 2. The Morgan fingerprint density at radius 1 is 1.23 bits per heavy atom. The first-order chi connectivity index (χ1) is 12.3. The molecule has 1 fully saturated rings. The molecule has 1 aliphatic heterocycles. The van der Waals surface area contributed by atoms with Gasteiger partial charge in [-0.15, -0.1) is 0 Å². The topological polar surface area (TPSA) is 108 Å². The van der Waals surface area contributed by atoms with Gasteiger partial charge in [-0.05, 0) is 42.9 Å². The first-order valence-electron chi connectivity index (χ1n) is 8.63. The van der Waals surface area contributed by atoms with E-state index in [2.05, 4.69) is 16.0 Å². The number of benzene rings is 1. The minimum atomic E-state index is -1.15. The summed E-state index contributed by atoms with van der Waals surface area (Å²) in [5, 5.41) is 7.11. The zero-order valence-electron chi connectivity index (χ0n) is 14.8. The molecule has 6 amide bonds. The highest BCUT2D eigenvalue weighted by atomic mass is 16.2. The molecule has 0 saturated carbocycles. The van der Waals surface area contributed by atoms with Crippen LogP contribution in [0, 0.1) is 0 Å². The Bertz CT molecular complexity index is 791. The SMILES string of the molecule is CNC(=O)NC(=O)CCN1C(=O)NC(C)(c2ccc3c(c2)CCC3)C1=O. The third-order valence-electron chi connectivity index (χ3n) is 4.99. The predicted octanol–water partition coefficient (Wildman–Crippen LogP) is 0.788. The van der Waals surface area contributed by atoms with Crippen molar-refractivity contribution < 1.29 is 19.2 Å². The molecule has 1 unspecified atom stereocenters. The summed E-state index contributed by atoms with van der Waals surface area (Å²) in [6.07, 6.45) is 2.97. The van der Waals surface area contributed by atoms with Crippen LogP contribution in [0.5, 0.6) is 0 Å². The van der Waals surface area contributed by atoms with E-state index in [9.17, 15) is 19.2 Å². The van der Waals surface area contributed by atoms with Crippen molar-refractivity contribution in [2.75, 3.05) is 13.6 Å². The summed E-state index contributed by atoms with van der Waals surface area (Å²) in [7, 11) is 1.39. The smallest absolute Gasteiger partial charge is 0.325 e. The van der Waals surface area contributed by atoms with Gasteiger partial charge in [0.15, 0.2) is 0 Å². The van der Waals surface area contributed by atoms with Crippen LogP contribution in [0.3, 0.4) is 0 Å². The minimum absolute atomic E-state index is 0.0893. The Morgan fingerprint density at radius 2 is 1.96 bits per heavy atom. The van der Waals surface area contributed by atoms with E-state index in [4.69, 9.17) is 0 Å². The first-order valence-corrected chi connectivity index (χ1v) is 8.63. The molecule has 3 N–H and O–H groups in total. The maximum atomic E-state index is 12.9. The Balaban J connectivity index is 1.72. The number of amides is 6. The highest BCUT2D eigenvalue weighted by Gasteiger charge is 2.49. The van der Waals surface area contributed by atoms with E-state index in [0.717, 1.165) is 29.7 Å². The second-order valence-electron chi connectivity index (χ2n) is 6.73. The van der Waals surface area contributed by atoms with Crippen molar-refractivity contribution in [3.05, 3.63) is 34.9 Å². The summed E-state index contributed by atoms with van der Waals surface area (Å²) in [5.74, 6) is -0.954. The maximum absolute atomic E-state index is 12.9. The number of aryl methyl sites for hydroxylation is 2. The van der Waals surface area contributed by atoms with Gasteiger partial charge in [-0.3, -0.25) is 19.8 Å². The third-order valence-corrected chi connectivity index (χ3v) is 4.99. The average molecular weight is 358 g/mol. The molecule has 0 aromatic heterocycles. The summed E-state index contributed by atoms with van der Waals surface area (Å²) >= 11 is 0. The van der Waals surface area contributed by atoms with Gasteiger partial charge in [0, 0.05) is 20.0 Å². The molecule has 1 aromatic rings. The fourth-order valence-electron chi connectivity index (χ4n) is 3.44. The van der Waals surface area contributed by atoms with Crippen molar-refractivity contribution in [2.24, 2.45) is 0 Å². The number of fused-ring (bicyclic) bond motifs is 1. The normalized spacial score (nSPS) is 21.4. The Hall–Kier alpha value is -2.90. The van der Waals surface area contributed by atoms with Crippen molar-refractivity contribution in [1.29, 1.82) is 0 Å². The molecule has 26 heavy (non-hydrogen) atoms. The fraction of sp³-hybridized carbons (Fsp3) is 0.444. The summed E-state index contributed by atoms with van der Waals surface area (Å²) in [6, 6.07) is 4.72. The zero-order chi connectivity index (χ0) is 18.9. The van der Waals surface area contributed by atoms with Gasteiger partial charge in [0.05, 0.1) is 0 Å². The quantitative estimate of drug-likeness (QED) is 0.692. The summed E-state index contributed by atoms with van der Waals surface area (Å²) < 4.78 is 0.